The maximum Gasteiger partial charge on any atom is 0.120 e. The molecule has 0 aliphatic rings. The third kappa shape index (κ3) is 3.13. The fourth-order valence-electron chi connectivity index (χ4n) is 2.68. The first-order chi connectivity index (χ1) is 9.38. The van der Waals surface area contributed by atoms with Crippen LogP contribution in [0.5, 0.6) is 0 Å². The van der Waals surface area contributed by atoms with Crippen molar-refractivity contribution in [1.29, 1.82) is 0 Å². The van der Waals surface area contributed by atoms with Crippen molar-refractivity contribution in [1.82, 2.24) is 5.32 Å². The second-order valence-corrected chi connectivity index (χ2v) is 5.85. The molecule has 1 heterocycles. The van der Waals surface area contributed by atoms with E-state index in [1.165, 1.54) is 22.3 Å². The van der Waals surface area contributed by atoms with Crippen LogP contribution in [0.15, 0.2) is 28.7 Å². The quantitative estimate of drug-likeness (QED) is 0.853. The lowest BCUT2D eigenvalue weighted by molar-refractivity contribution is 0.392. The van der Waals surface area contributed by atoms with Crippen LogP contribution in [0.2, 0.25) is 0 Å². The number of nitrogens with one attached hydrogen (secondary N) is 1. The molecule has 1 aromatic heterocycles. The molecule has 108 valence electrons. The summed E-state index contributed by atoms with van der Waals surface area (Å²) in [4.78, 5) is 0. The summed E-state index contributed by atoms with van der Waals surface area (Å²) >= 11 is 0. The molecule has 20 heavy (non-hydrogen) atoms. The number of hydrogen-bond acceptors (Lipinski definition) is 2. The highest BCUT2D eigenvalue weighted by atomic mass is 16.3. The van der Waals surface area contributed by atoms with E-state index in [9.17, 15) is 0 Å². The van der Waals surface area contributed by atoms with E-state index in [-0.39, 0.29) is 6.04 Å². The summed E-state index contributed by atoms with van der Waals surface area (Å²) in [6.07, 6.45) is 0. The van der Waals surface area contributed by atoms with E-state index in [2.05, 4.69) is 52.1 Å². The van der Waals surface area contributed by atoms with Crippen molar-refractivity contribution in [2.75, 3.05) is 0 Å². The minimum atomic E-state index is 0.208. The monoisotopic (exact) mass is 271 g/mol. The van der Waals surface area contributed by atoms with Crippen LogP contribution in [-0.4, -0.2) is 0 Å². The Morgan fingerprint density at radius 3 is 2.10 bits per heavy atom. The molecule has 2 nitrogen and oxygen atoms in total. The molecule has 2 unspecified atom stereocenters. The number of benzene rings is 1. The van der Waals surface area contributed by atoms with Crippen LogP contribution in [0, 0.1) is 27.7 Å². The number of furan rings is 1. The molecule has 0 radical (unpaired) electrons. The molecule has 0 saturated heterocycles. The van der Waals surface area contributed by atoms with E-state index in [0.29, 0.717) is 6.04 Å². The zero-order valence-corrected chi connectivity index (χ0v) is 13.4. The molecule has 2 aromatic rings. The van der Waals surface area contributed by atoms with E-state index in [0.717, 1.165) is 11.5 Å². The van der Waals surface area contributed by atoms with E-state index in [1.54, 1.807) is 0 Å². The van der Waals surface area contributed by atoms with Gasteiger partial charge < -0.3 is 9.73 Å². The minimum absolute atomic E-state index is 0.208. The molecule has 0 bridgehead atoms. The lowest BCUT2D eigenvalue weighted by Gasteiger charge is -2.21. The van der Waals surface area contributed by atoms with Gasteiger partial charge in [-0.2, -0.15) is 0 Å². The van der Waals surface area contributed by atoms with Crippen molar-refractivity contribution in [2.45, 2.75) is 53.6 Å². The van der Waals surface area contributed by atoms with E-state index in [4.69, 9.17) is 4.42 Å². The Labute approximate surface area is 122 Å². The van der Waals surface area contributed by atoms with Gasteiger partial charge in [-0.25, -0.2) is 0 Å². The van der Waals surface area contributed by atoms with Gasteiger partial charge in [-0.1, -0.05) is 12.1 Å². The van der Waals surface area contributed by atoms with E-state index < -0.39 is 0 Å². The van der Waals surface area contributed by atoms with Crippen LogP contribution in [0.25, 0.3) is 0 Å². The molecule has 0 spiro atoms. The van der Waals surface area contributed by atoms with Crippen molar-refractivity contribution < 1.29 is 4.42 Å². The zero-order chi connectivity index (χ0) is 14.9. The van der Waals surface area contributed by atoms with Gasteiger partial charge in [0.15, 0.2) is 0 Å². The number of hydrogen-bond donors (Lipinski definition) is 1. The Morgan fingerprint density at radius 1 is 0.850 bits per heavy atom. The SMILES string of the molecule is Cc1ccc(C(C)NC(C)c2cc(C)c(C)cc2C)o1. The molecular formula is C18H25NO. The molecule has 2 atom stereocenters. The summed E-state index contributed by atoms with van der Waals surface area (Å²) in [5, 5.41) is 3.62. The Balaban J connectivity index is 2.16. The molecule has 0 aliphatic heterocycles. The molecule has 2 rings (SSSR count). The van der Waals surface area contributed by atoms with E-state index in [1.807, 2.05) is 19.1 Å². The highest BCUT2D eigenvalue weighted by molar-refractivity contribution is 5.38. The summed E-state index contributed by atoms with van der Waals surface area (Å²) < 4.78 is 5.69. The van der Waals surface area contributed by atoms with Gasteiger partial charge in [-0.3, -0.25) is 0 Å². The Hall–Kier alpha value is -1.54. The van der Waals surface area contributed by atoms with Gasteiger partial charge in [0.2, 0.25) is 0 Å². The summed E-state index contributed by atoms with van der Waals surface area (Å²) in [5.74, 6) is 1.96. The average molecular weight is 271 g/mol. The second-order valence-electron chi connectivity index (χ2n) is 5.85. The van der Waals surface area contributed by atoms with Gasteiger partial charge in [0, 0.05) is 6.04 Å². The average Bonchev–Trinajstić information content (AvgIpc) is 2.80. The molecule has 0 fully saturated rings. The zero-order valence-electron chi connectivity index (χ0n) is 13.4. The highest BCUT2D eigenvalue weighted by Crippen LogP contribution is 2.25. The van der Waals surface area contributed by atoms with Crippen LogP contribution in [0.1, 0.15) is 59.7 Å². The summed E-state index contributed by atoms with van der Waals surface area (Å²) in [6, 6.07) is 9.13. The number of aryl methyl sites for hydroxylation is 4. The molecular weight excluding hydrogens is 246 g/mol. The molecule has 2 heteroatoms. The van der Waals surface area contributed by atoms with Gasteiger partial charge in [-0.15, -0.1) is 0 Å². The van der Waals surface area contributed by atoms with Gasteiger partial charge in [-0.05, 0) is 75.9 Å². The predicted molar refractivity (Wildman–Crippen MR) is 84.1 cm³/mol. The Bertz CT molecular complexity index is 597. The molecule has 0 amide bonds. The van der Waals surface area contributed by atoms with Crippen molar-refractivity contribution in [3.8, 4) is 0 Å². The van der Waals surface area contributed by atoms with E-state index >= 15 is 0 Å². The van der Waals surface area contributed by atoms with Crippen LogP contribution < -0.4 is 5.32 Å². The first-order valence-electron chi connectivity index (χ1n) is 7.28. The molecule has 0 aliphatic carbocycles. The normalized spacial score (nSPS) is 14.3. The molecule has 0 saturated carbocycles. The third-order valence-electron chi connectivity index (χ3n) is 4.04. The summed E-state index contributed by atoms with van der Waals surface area (Å²) in [5.41, 5.74) is 5.41. The van der Waals surface area contributed by atoms with Crippen LogP contribution >= 0.6 is 0 Å². The lowest BCUT2D eigenvalue weighted by Crippen LogP contribution is -2.23. The Kier molecular flexibility index (Phi) is 4.34. The topological polar surface area (TPSA) is 25.2 Å². The fourth-order valence-corrected chi connectivity index (χ4v) is 2.68. The standard InChI is InChI=1S/C18H25NO/c1-11-9-13(3)17(10-12(11)2)15(5)19-16(6)18-8-7-14(4)20-18/h7-10,15-16,19H,1-6H3. The molecule has 1 N–H and O–H groups in total. The molecule has 1 aromatic carbocycles. The maximum atomic E-state index is 5.69. The maximum absolute atomic E-state index is 5.69. The first-order valence-corrected chi connectivity index (χ1v) is 7.28. The van der Waals surface area contributed by atoms with Gasteiger partial charge in [0.25, 0.3) is 0 Å². The van der Waals surface area contributed by atoms with Gasteiger partial charge in [0.1, 0.15) is 11.5 Å². The second kappa shape index (κ2) is 5.84. The number of rotatable bonds is 4. The summed E-state index contributed by atoms with van der Waals surface area (Å²) in [6.45, 7) is 12.9. The largest absolute Gasteiger partial charge is 0.465 e. The fraction of sp³-hybridized carbons (Fsp3) is 0.444. The van der Waals surface area contributed by atoms with Gasteiger partial charge in [0.05, 0.1) is 6.04 Å². The van der Waals surface area contributed by atoms with Crippen LogP contribution in [0.3, 0.4) is 0 Å². The smallest absolute Gasteiger partial charge is 0.120 e. The van der Waals surface area contributed by atoms with Crippen LogP contribution in [0.4, 0.5) is 0 Å². The van der Waals surface area contributed by atoms with Crippen molar-refractivity contribution in [2.24, 2.45) is 0 Å². The highest BCUT2D eigenvalue weighted by Gasteiger charge is 2.15. The lowest BCUT2D eigenvalue weighted by atomic mass is 9.96. The summed E-state index contributed by atoms with van der Waals surface area (Å²) in [7, 11) is 0. The predicted octanol–water partition coefficient (Wildman–Crippen LogP) is 4.93. The minimum Gasteiger partial charge on any atom is -0.465 e. The van der Waals surface area contributed by atoms with Crippen molar-refractivity contribution in [3.63, 3.8) is 0 Å². The van der Waals surface area contributed by atoms with Crippen molar-refractivity contribution >= 4 is 0 Å². The Morgan fingerprint density at radius 2 is 1.50 bits per heavy atom. The van der Waals surface area contributed by atoms with Crippen molar-refractivity contribution in [3.05, 3.63) is 58.0 Å². The van der Waals surface area contributed by atoms with Gasteiger partial charge >= 0.3 is 0 Å². The van der Waals surface area contributed by atoms with Crippen LogP contribution in [-0.2, 0) is 0 Å². The first kappa shape index (κ1) is 14.9. The third-order valence-corrected chi connectivity index (χ3v) is 4.04.